The molecule has 142 valence electrons. The molecule has 0 unspecified atom stereocenters. The summed E-state index contributed by atoms with van der Waals surface area (Å²) in [6.07, 6.45) is 2.91. The predicted molar refractivity (Wildman–Crippen MR) is 107 cm³/mol. The number of ether oxygens (including phenoxy) is 1. The molecule has 0 atom stereocenters. The molecule has 2 aromatic carbocycles. The zero-order chi connectivity index (χ0) is 19.7. The van der Waals surface area contributed by atoms with Crippen LogP contribution in [0.5, 0.6) is 0 Å². The number of nitrogens with zero attached hydrogens (tertiary/aromatic N) is 1. The van der Waals surface area contributed by atoms with E-state index in [0.29, 0.717) is 45.6 Å². The van der Waals surface area contributed by atoms with Gasteiger partial charge in [0, 0.05) is 10.9 Å². The van der Waals surface area contributed by atoms with Crippen LogP contribution in [0, 0.1) is 5.82 Å². The first-order valence-corrected chi connectivity index (χ1v) is 9.32. The molecule has 0 aliphatic heterocycles. The molecule has 0 saturated heterocycles. The Morgan fingerprint density at radius 2 is 2.04 bits per heavy atom. The van der Waals surface area contributed by atoms with Gasteiger partial charge in [-0.3, -0.25) is 0 Å². The fourth-order valence-corrected chi connectivity index (χ4v) is 3.76. The van der Waals surface area contributed by atoms with Crippen molar-refractivity contribution in [3.05, 3.63) is 75.7 Å². The van der Waals surface area contributed by atoms with E-state index in [-0.39, 0.29) is 13.2 Å². The predicted octanol–water partition coefficient (Wildman–Crippen LogP) is 4.66. The molecule has 0 fully saturated rings. The lowest BCUT2D eigenvalue weighted by atomic mass is 10.0. The molecular weight excluding hydrogens is 381 g/mol. The maximum atomic E-state index is 14.2. The van der Waals surface area contributed by atoms with Crippen molar-refractivity contribution in [1.82, 2.24) is 4.98 Å². The number of rotatable bonds is 4. The molecule has 1 N–H and O–H groups in total. The van der Waals surface area contributed by atoms with Gasteiger partial charge in [0.15, 0.2) is 0 Å². The van der Waals surface area contributed by atoms with Crippen LogP contribution in [-0.4, -0.2) is 29.3 Å². The fourth-order valence-electron chi connectivity index (χ4n) is 3.55. The summed E-state index contributed by atoms with van der Waals surface area (Å²) in [4.78, 5) is 17.4. The van der Waals surface area contributed by atoms with Crippen molar-refractivity contribution in [2.24, 2.45) is 0 Å². The summed E-state index contributed by atoms with van der Waals surface area (Å²) in [6, 6.07) is 11.9. The number of aliphatic hydroxyl groups excluding tert-OH is 1. The molecule has 1 aliphatic carbocycles. The van der Waals surface area contributed by atoms with E-state index in [1.54, 1.807) is 18.2 Å². The van der Waals surface area contributed by atoms with E-state index < -0.39 is 11.8 Å². The third-order valence-electron chi connectivity index (χ3n) is 4.79. The van der Waals surface area contributed by atoms with Crippen LogP contribution in [-0.2, 0) is 11.2 Å². The van der Waals surface area contributed by atoms with Crippen LogP contribution >= 0.6 is 11.6 Å². The quantitative estimate of drug-likeness (QED) is 0.650. The molecule has 1 aliphatic rings. The Morgan fingerprint density at radius 1 is 1.21 bits per heavy atom. The van der Waals surface area contributed by atoms with E-state index >= 15 is 0 Å². The van der Waals surface area contributed by atoms with E-state index in [1.807, 2.05) is 24.3 Å². The van der Waals surface area contributed by atoms with Gasteiger partial charge in [-0.25, -0.2) is 14.2 Å². The number of hydrogen-bond donors (Lipinski definition) is 1. The van der Waals surface area contributed by atoms with Gasteiger partial charge in [0.05, 0.1) is 28.4 Å². The van der Waals surface area contributed by atoms with Crippen LogP contribution in [0.2, 0.25) is 5.02 Å². The monoisotopic (exact) mass is 397 g/mol. The van der Waals surface area contributed by atoms with Crippen LogP contribution in [0.25, 0.3) is 22.6 Å². The topological polar surface area (TPSA) is 59.4 Å². The van der Waals surface area contributed by atoms with Crippen LogP contribution in [0.1, 0.15) is 33.6 Å². The molecule has 3 aromatic rings. The van der Waals surface area contributed by atoms with Crippen LogP contribution in [0.3, 0.4) is 0 Å². The molecule has 0 spiro atoms. The number of halogens is 2. The van der Waals surface area contributed by atoms with Crippen molar-refractivity contribution in [1.29, 1.82) is 0 Å². The highest BCUT2D eigenvalue weighted by Crippen LogP contribution is 2.38. The second-order valence-corrected chi connectivity index (χ2v) is 6.90. The number of aromatic nitrogens is 1. The minimum Gasteiger partial charge on any atom is -0.460 e. The minimum absolute atomic E-state index is 0.0716. The lowest BCUT2D eigenvalue weighted by Crippen LogP contribution is -2.12. The van der Waals surface area contributed by atoms with Gasteiger partial charge in [-0.15, -0.1) is 0 Å². The number of aliphatic hydroxyl groups is 1. The first-order chi connectivity index (χ1) is 13.6. The lowest BCUT2D eigenvalue weighted by molar-refractivity contribution is 0.0435. The molecular formula is C22H17ClFNO3. The number of hydrogen-bond acceptors (Lipinski definition) is 4. The van der Waals surface area contributed by atoms with Crippen molar-refractivity contribution in [3.63, 3.8) is 0 Å². The molecule has 4 nitrogen and oxygen atoms in total. The van der Waals surface area contributed by atoms with Gasteiger partial charge >= 0.3 is 5.97 Å². The van der Waals surface area contributed by atoms with Crippen molar-refractivity contribution in [2.45, 2.75) is 12.8 Å². The van der Waals surface area contributed by atoms with E-state index in [1.165, 1.54) is 6.07 Å². The van der Waals surface area contributed by atoms with Gasteiger partial charge in [-0.1, -0.05) is 35.9 Å². The van der Waals surface area contributed by atoms with Gasteiger partial charge in [0.1, 0.15) is 12.4 Å². The zero-order valence-corrected chi connectivity index (χ0v) is 15.7. The molecule has 0 radical (unpaired) electrons. The molecule has 6 heteroatoms. The van der Waals surface area contributed by atoms with Gasteiger partial charge in [0.2, 0.25) is 0 Å². The van der Waals surface area contributed by atoms with Crippen LogP contribution in [0.15, 0.2) is 42.5 Å². The van der Waals surface area contributed by atoms with Gasteiger partial charge in [-0.2, -0.15) is 0 Å². The van der Waals surface area contributed by atoms with Gasteiger partial charge in [-0.05, 0) is 48.3 Å². The van der Waals surface area contributed by atoms with Crippen LogP contribution < -0.4 is 0 Å². The number of carbonyl (C=O) groups excluding carboxylic acids is 1. The number of allylic oxidation sites excluding steroid dienone is 1. The summed E-state index contributed by atoms with van der Waals surface area (Å²) in [6.45, 7) is -0.314. The van der Waals surface area contributed by atoms with Gasteiger partial charge in [0.25, 0.3) is 0 Å². The Kier molecular flexibility index (Phi) is 5.11. The van der Waals surface area contributed by atoms with Crippen molar-refractivity contribution < 1.29 is 19.0 Å². The summed E-state index contributed by atoms with van der Waals surface area (Å²) in [5, 5.41) is 10.0. The Morgan fingerprint density at radius 3 is 2.82 bits per heavy atom. The molecule has 4 rings (SSSR count). The molecule has 28 heavy (non-hydrogen) atoms. The number of benzene rings is 2. The minimum atomic E-state index is -0.492. The first kappa shape index (κ1) is 18.6. The molecule has 0 amide bonds. The maximum absolute atomic E-state index is 14.2. The normalized spacial score (nSPS) is 14.5. The van der Waals surface area contributed by atoms with E-state index in [2.05, 4.69) is 0 Å². The Balaban J connectivity index is 1.90. The molecule has 1 heterocycles. The van der Waals surface area contributed by atoms with E-state index in [0.717, 1.165) is 11.1 Å². The fraction of sp³-hybridized carbons (Fsp3) is 0.182. The Labute approximate surface area is 166 Å². The third kappa shape index (κ3) is 3.28. The second-order valence-electron chi connectivity index (χ2n) is 6.50. The van der Waals surface area contributed by atoms with Crippen LogP contribution in [0.4, 0.5) is 4.39 Å². The van der Waals surface area contributed by atoms with Crippen molar-refractivity contribution in [2.75, 3.05) is 13.2 Å². The number of pyridine rings is 1. The van der Waals surface area contributed by atoms with E-state index in [4.69, 9.17) is 26.4 Å². The van der Waals surface area contributed by atoms with E-state index in [9.17, 15) is 9.18 Å². The number of para-hydroxylation sites is 1. The van der Waals surface area contributed by atoms with Crippen molar-refractivity contribution >= 4 is 40.1 Å². The van der Waals surface area contributed by atoms with Crippen molar-refractivity contribution in [3.8, 4) is 0 Å². The summed E-state index contributed by atoms with van der Waals surface area (Å²) >= 11 is 6.17. The summed E-state index contributed by atoms with van der Waals surface area (Å²) in [7, 11) is 0. The summed E-state index contributed by atoms with van der Waals surface area (Å²) in [5.74, 6) is -0.897. The number of fused-ring (bicyclic) bond motifs is 2. The SMILES string of the molecule is O=C(OCCO)c1c2c(nc3ccccc13)/C(=C/c1c(F)cccc1Cl)CC2. The number of carbonyl (C=O) groups is 1. The maximum Gasteiger partial charge on any atom is 0.339 e. The average molecular weight is 398 g/mol. The first-order valence-electron chi connectivity index (χ1n) is 8.94. The Hall–Kier alpha value is -2.76. The molecule has 1 aromatic heterocycles. The highest BCUT2D eigenvalue weighted by molar-refractivity contribution is 6.32. The molecule has 0 saturated carbocycles. The third-order valence-corrected chi connectivity index (χ3v) is 5.12. The molecule has 0 bridgehead atoms. The Bertz CT molecular complexity index is 1090. The smallest absolute Gasteiger partial charge is 0.339 e. The highest BCUT2D eigenvalue weighted by atomic mass is 35.5. The standard InChI is InChI=1S/C22H17ClFNO3/c23-17-5-3-6-18(24)16(17)12-13-8-9-15-20(22(27)28-11-10-26)14-4-1-2-7-19(14)25-21(13)15/h1-7,12,26H,8-11H2/b13-12+. The zero-order valence-electron chi connectivity index (χ0n) is 14.9. The average Bonchev–Trinajstić information content (AvgIpc) is 3.09. The van der Waals surface area contributed by atoms with Gasteiger partial charge < -0.3 is 9.84 Å². The summed E-state index contributed by atoms with van der Waals surface area (Å²) < 4.78 is 19.4. The number of esters is 1. The highest BCUT2D eigenvalue weighted by Gasteiger charge is 2.27. The largest absolute Gasteiger partial charge is 0.460 e. The second kappa shape index (κ2) is 7.70. The lowest BCUT2D eigenvalue weighted by Gasteiger charge is -2.12. The summed E-state index contributed by atoms with van der Waals surface area (Å²) in [5.41, 5.74) is 3.69.